The first-order chi connectivity index (χ1) is 64.7. The van der Waals surface area contributed by atoms with Crippen LogP contribution in [-0.4, -0.2) is 34.5 Å². The highest BCUT2D eigenvalue weighted by molar-refractivity contribution is 6.11. The second kappa shape index (κ2) is 33.6. The normalized spacial score (nSPS) is 12.0. The molecule has 8 nitrogen and oxygen atoms in total. The van der Waals surface area contributed by atoms with Gasteiger partial charge in [-0.25, -0.2) is 29.9 Å². The van der Waals surface area contributed by atoms with E-state index in [1.807, 2.05) is 78.9 Å². The van der Waals surface area contributed by atoms with E-state index in [-0.39, 0.29) is 5.41 Å². The molecular weight excluding hydrogens is 1590 g/mol. The van der Waals surface area contributed by atoms with Gasteiger partial charge in [0.15, 0.2) is 17.5 Å². The lowest BCUT2D eigenvalue weighted by Gasteiger charge is -2.22. The van der Waals surface area contributed by atoms with E-state index >= 15 is 0 Å². The van der Waals surface area contributed by atoms with Crippen molar-refractivity contribution in [3.8, 4) is 152 Å². The molecule has 0 radical (unpaired) electrons. The number of para-hydroxylation sites is 6. The van der Waals surface area contributed by atoms with Gasteiger partial charge in [0, 0.05) is 82.2 Å². The van der Waals surface area contributed by atoms with E-state index < -0.39 is 0 Å². The monoisotopic (exact) mass is 1670 g/mol. The molecule has 5 heterocycles. The molecule has 0 atom stereocenters. The second-order valence-corrected chi connectivity index (χ2v) is 34.0. The lowest BCUT2D eigenvalue weighted by molar-refractivity contribution is 0.660. The van der Waals surface area contributed by atoms with Gasteiger partial charge < -0.3 is 8.98 Å². The lowest BCUT2D eigenvalue weighted by Crippen LogP contribution is -2.14. The predicted molar refractivity (Wildman–Crippen MR) is 543 cm³/mol. The van der Waals surface area contributed by atoms with Gasteiger partial charge in [-0.15, -0.1) is 0 Å². The van der Waals surface area contributed by atoms with Crippen LogP contribution in [0.2, 0.25) is 0 Å². The third kappa shape index (κ3) is 15.0. The van der Waals surface area contributed by atoms with Crippen LogP contribution in [0.15, 0.2) is 472 Å². The fraction of sp³-hybridized carbons (Fsp3) is 0.0244. The molecular formula is C123H83N7O. The van der Waals surface area contributed by atoms with Crippen molar-refractivity contribution in [2.24, 2.45) is 0 Å². The zero-order valence-electron chi connectivity index (χ0n) is 72.0. The van der Waals surface area contributed by atoms with Crippen LogP contribution in [0.1, 0.15) is 25.0 Å². The summed E-state index contributed by atoms with van der Waals surface area (Å²) in [6.07, 6.45) is 0. The molecule has 0 fully saturated rings. The van der Waals surface area contributed by atoms with E-state index in [2.05, 4.69) is 407 Å². The topological polar surface area (TPSA) is 95.4 Å². The first-order valence-corrected chi connectivity index (χ1v) is 44.5. The smallest absolute Gasteiger partial charge is 0.160 e. The summed E-state index contributed by atoms with van der Waals surface area (Å²) in [5.74, 6) is 2.18. The number of benzene rings is 19. The zero-order chi connectivity index (χ0) is 87.3. The van der Waals surface area contributed by atoms with Gasteiger partial charge in [0.25, 0.3) is 0 Å². The molecule has 0 spiro atoms. The van der Waals surface area contributed by atoms with Crippen molar-refractivity contribution < 1.29 is 4.42 Å². The van der Waals surface area contributed by atoms with Crippen molar-refractivity contribution in [2.75, 3.05) is 0 Å². The number of nitrogens with zero attached hydrogens (tertiary/aromatic N) is 7. The molecule has 1 aliphatic rings. The van der Waals surface area contributed by atoms with Gasteiger partial charge in [-0.3, -0.25) is 0 Å². The van der Waals surface area contributed by atoms with Crippen LogP contribution in [0.5, 0.6) is 0 Å². The van der Waals surface area contributed by atoms with Gasteiger partial charge in [0.1, 0.15) is 11.2 Å². The number of aromatic nitrogens is 7. The maximum Gasteiger partial charge on any atom is 0.160 e. The van der Waals surface area contributed by atoms with E-state index in [9.17, 15) is 0 Å². The molecule has 0 amide bonds. The van der Waals surface area contributed by atoms with Crippen LogP contribution in [0, 0.1) is 0 Å². The molecule has 616 valence electrons. The number of hydrogen-bond acceptors (Lipinski definition) is 7. The maximum absolute atomic E-state index is 6.04. The first kappa shape index (κ1) is 78.5. The second-order valence-electron chi connectivity index (χ2n) is 34.0. The number of furan rings is 1. The van der Waals surface area contributed by atoms with Gasteiger partial charge in [-0.05, 0) is 198 Å². The van der Waals surface area contributed by atoms with Crippen molar-refractivity contribution in [2.45, 2.75) is 19.3 Å². The average Bonchev–Trinajstić information content (AvgIpc) is 1.55. The fourth-order valence-corrected chi connectivity index (χ4v) is 19.0. The molecule has 0 unspecified atom stereocenters. The molecule has 1 aliphatic carbocycles. The van der Waals surface area contributed by atoms with E-state index in [0.29, 0.717) is 0 Å². The molecule has 0 saturated carbocycles. The molecule has 0 saturated heterocycles. The SMILES string of the molecule is CC1(C)c2ccccc2-c2ccc(-c3cccc(-c4cccc(-c5nc(-c6ccccc6)c6ccccc6n5)c4)c3)cc21.c1ccc(-c2nc(-c3cccc(-c4cccc(-c5ccc6c(c5)c5ccccc5n6-c5ccccc5)c4)c3)nc3ccccc23)cc1.c1ccc(-c2nc(-c3cccc(-c4cccc(-c5ccc6oc7ccccc7c6c5)c4)c3)nc3ccccc23)cc1. The van der Waals surface area contributed by atoms with Gasteiger partial charge in [-0.1, -0.05) is 372 Å². The summed E-state index contributed by atoms with van der Waals surface area (Å²) >= 11 is 0. The third-order valence-corrected chi connectivity index (χ3v) is 25.5. The van der Waals surface area contributed by atoms with Crippen LogP contribution >= 0.6 is 0 Å². The van der Waals surface area contributed by atoms with Gasteiger partial charge in [0.05, 0.1) is 44.7 Å². The molecule has 0 aliphatic heterocycles. The van der Waals surface area contributed by atoms with Crippen LogP contribution in [0.4, 0.5) is 0 Å². The Morgan fingerprint density at radius 3 is 0.954 bits per heavy atom. The van der Waals surface area contributed by atoms with Crippen molar-refractivity contribution in [1.82, 2.24) is 34.5 Å². The van der Waals surface area contributed by atoms with Crippen LogP contribution in [0.25, 0.3) is 228 Å². The highest BCUT2D eigenvalue weighted by atomic mass is 16.3. The summed E-state index contributed by atoms with van der Waals surface area (Å²) in [5.41, 5.74) is 36.8. The molecule has 5 aromatic heterocycles. The molecule has 25 rings (SSSR count). The quantitative estimate of drug-likeness (QED) is 0.113. The minimum Gasteiger partial charge on any atom is -0.456 e. The summed E-state index contributed by atoms with van der Waals surface area (Å²) in [4.78, 5) is 30.2. The summed E-state index contributed by atoms with van der Waals surface area (Å²) in [6.45, 7) is 4.67. The van der Waals surface area contributed by atoms with Crippen LogP contribution in [-0.2, 0) is 5.41 Å². The summed E-state index contributed by atoms with van der Waals surface area (Å²) in [7, 11) is 0. The van der Waals surface area contributed by atoms with Gasteiger partial charge >= 0.3 is 0 Å². The Morgan fingerprint density at radius 2 is 0.496 bits per heavy atom. The zero-order valence-corrected chi connectivity index (χ0v) is 72.0. The average molecular weight is 1680 g/mol. The largest absolute Gasteiger partial charge is 0.456 e. The van der Waals surface area contributed by atoms with Crippen LogP contribution < -0.4 is 0 Å². The number of rotatable bonds is 13. The van der Waals surface area contributed by atoms with Gasteiger partial charge in [0.2, 0.25) is 0 Å². The molecule has 0 bridgehead atoms. The number of hydrogen-bond donors (Lipinski definition) is 0. The lowest BCUT2D eigenvalue weighted by atomic mass is 9.81. The highest BCUT2D eigenvalue weighted by Crippen LogP contribution is 2.50. The Balaban J connectivity index is 0.000000112. The number of fused-ring (bicyclic) bond motifs is 12. The Hall–Kier alpha value is -17.2. The highest BCUT2D eigenvalue weighted by Gasteiger charge is 2.35. The molecule has 19 aromatic carbocycles. The predicted octanol–water partition coefficient (Wildman–Crippen LogP) is 32.2. The Bertz CT molecular complexity index is 8510. The van der Waals surface area contributed by atoms with Gasteiger partial charge in [-0.2, -0.15) is 0 Å². The molecule has 131 heavy (non-hydrogen) atoms. The minimum atomic E-state index is -0.0215. The van der Waals surface area contributed by atoms with Crippen molar-refractivity contribution in [3.05, 3.63) is 478 Å². The Kier molecular flexibility index (Phi) is 20.1. The summed E-state index contributed by atoms with van der Waals surface area (Å²) in [5, 5.41) is 7.93. The van der Waals surface area contributed by atoms with E-state index in [1.54, 1.807) is 0 Å². The standard InChI is InChI=1S/C44H29N3.C41H30N2.C38H24N2O/c1-3-13-30(14-4-1)43-38-22-7-9-23-40(38)45-44(46-43)35-18-12-17-33(28-35)31-15-11-16-32(27-31)34-25-26-42-39(29-34)37-21-8-10-24-41(37)47(42)36-19-5-2-6-20-36;1-41(2)36-20-8-6-18-33(36)34-23-22-31(26-37(34)41)29-15-10-14-28(24-29)30-16-11-17-32(25-30)40-42-38-21-9-7-19-35(38)39(43-40)27-12-4-3-5-13-27;1-2-10-25(11-3-1)37-32-17-4-6-18-34(32)39-38(40-37)30-15-9-14-28(23-30)26-12-8-13-27(22-26)29-20-21-36-33(24-29)31-16-5-7-19-35(31)41-36/h1-29H;3-26H,1-2H3;1-24H. The first-order valence-electron chi connectivity index (χ1n) is 44.5. The van der Waals surface area contributed by atoms with Crippen LogP contribution in [0.3, 0.4) is 0 Å². The van der Waals surface area contributed by atoms with E-state index in [1.165, 1.54) is 77.6 Å². The Labute approximate surface area is 759 Å². The molecule has 0 N–H and O–H groups in total. The fourth-order valence-electron chi connectivity index (χ4n) is 19.0. The summed E-state index contributed by atoms with van der Waals surface area (Å²) in [6, 6.07) is 164. The summed E-state index contributed by atoms with van der Waals surface area (Å²) < 4.78 is 8.40. The maximum atomic E-state index is 6.04. The molecule has 8 heteroatoms. The van der Waals surface area contributed by atoms with Crippen molar-refractivity contribution in [3.63, 3.8) is 0 Å². The van der Waals surface area contributed by atoms with E-state index in [0.717, 1.165) is 162 Å². The van der Waals surface area contributed by atoms with Crippen molar-refractivity contribution >= 4 is 76.5 Å². The third-order valence-electron chi connectivity index (χ3n) is 25.5. The Morgan fingerprint density at radius 1 is 0.191 bits per heavy atom. The minimum absolute atomic E-state index is 0.0215. The van der Waals surface area contributed by atoms with E-state index in [4.69, 9.17) is 34.3 Å². The van der Waals surface area contributed by atoms with Crippen molar-refractivity contribution in [1.29, 1.82) is 0 Å². The molecule has 24 aromatic rings.